The Morgan fingerprint density at radius 1 is 0.756 bits per heavy atom. The van der Waals surface area contributed by atoms with Crippen molar-refractivity contribution in [2.45, 2.75) is 50.6 Å². The molecule has 4 aromatic rings. The summed E-state index contributed by atoms with van der Waals surface area (Å²) in [5, 5.41) is 19.6. The van der Waals surface area contributed by atoms with Crippen molar-refractivity contribution >= 4 is 11.8 Å². The number of benzene rings is 4. The van der Waals surface area contributed by atoms with Crippen LogP contribution in [0.5, 0.6) is 0 Å². The van der Waals surface area contributed by atoms with E-state index in [4.69, 9.17) is 9.47 Å². The third kappa shape index (κ3) is 6.08. The summed E-state index contributed by atoms with van der Waals surface area (Å²) in [4.78, 5) is 29.6. The monoisotopic (exact) mass is 604 g/mol. The first-order chi connectivity index (χ1) is 22.0. The molecule has 3 heterocycles. The fourth-order valence-electron chi connectivity index (χ4n) is 6.61. The van der Waals surface area contributed by atoms with Gasteiger partial charge in [-0.15, -0.1) is 0 Å². The van der Waals surface area contributed by atoms with E-state index in [1.807, 2.05) is 72.8 Å². The Morgan fingerprint density at radius 3 is 2.04 bits per heavy atom. The quantitative estimate of drug-likeness (QED) is 0.265. The Bertz CT molecular complexity index is 1650. The number of nitrogens with zero attached hydrogens (tertiary/aromatic N) is 2. The summed E-state index contributed by atoms with van der Waals surface area (Å²) in [5.74, 6) is -0.545. The van der Waals surface area contributed by atoms with E-state index in [2.05, 4.69) is 4.90 Å². The molecule has 2 amide bonds. The number of aliphatic hydroxyl groups is 2. The summed E-state index contributed by atoms with van der Waals surface area (Å²) >= 11 is 0. The van der Waals surface area contributed by atoms with E-state index in [9.17, 15) is 19.8 Å². The van der Waals surface area contributed by atoms with Gasteiger partial charge in [-0.2, -0.15) is 0 Å². The second kappa shape index (κ2) is 12.7. The lowest BCUT2D eigenvalue weighted by atomic mass is 9.97. The number of carbonyl (C=O) groups is 2. The Hall–Kier alpha value is -4.18. The molecule has 0 unspecified atom stereocenters. The van der Waals surface area contributed by atoms with Crippen molar-refractivity contribution in [3.8, 4) is 11.1 Å². The molecule has 0 aliphatic carbocycles. The standard InChI is InChI=1S/C37H36N2O6/c40-23-24-9-11-26(12-10-24)34-19-30(22-38-18-17-29(41)21-38)44-37(45-34)27-15-13-25(14-16-27)31-6-2-1-5-28(31)20-39-35(42)32-7-3-4-8-33(32)36(39)43/h1-16,29-30,34,37,40-41H,17-23H2/t29-,30-,34+,37+/m0/s1. The van der Waals surface area contributed by atoms with Crippen LogP contribution >= 0.6 is 0 Å². The van der Waals surface area contributed by atoms with Gasteiger partial charge in [0.15, 0.2) is 6.29 Å². The van der Waals surface area contributed by atoms with Gasteiger partial charge in [-0.05, 0) is 46.4 Å². The average molecular weight is 605 g/mol. The molecule has 0 aromatic heterocycles. The summed E-state index contributed by atoms with van der Waals surface area (Å²) in [6.45, 7) is 2.38. The fourth-order valence-corrected chi connectivity index (χ4v) is 6.61. The number of hydrogen-bond acceptors (Lipinski definition) is 7. The number of hydrogen-bond donors (Lipinski definition) is 2. The summed E-state index contributed by atoms with van der Waals surface area (Å²) in [7, 11) is 0. The highest BCUT2D eigenvalue weighted by Gasteiger charge is 2.36. The van der Waals surface area contributed by atoms with Gasteiger partial charge < -0.3 is 19.7 Å². The molecule has 2 N–H and O–H groups in total. The molecule has 3 aliphatic heterocycles. The minimum Gasteiger partial charge on any atom is -0.392 e. The number of β-amino-alcohol motifs (C(OH)–C–C–N with tert-alkyl or cyclic N) is 1. The predicted molar refractivity (Wildman–Crippen MR) is 168 cm³/mol. The second-order valence-electron chi connectivity index (χ2n) is 12.1. The minimum atomic E-state index is -0.582. The maximum absolute atomic E-state index is 13.0. The Kier molecular flexibility index (Phi) is 8.31. The van der Waals surface area contributed by atoms with Gasteiger partial charge in [-0.1, -0.05) is 84.9 Å². The average Bonchev–Trinajstić information content (AvgIpc) is 3.60. The molecule has 2 fully saturated rings. The fraction of sp³-hybridized carbons (Fsp3) is 0.297. The zero-order valence-electron chi connectivity index (χ0n) is 24.9. The largest absolute Gasteiger partial charge is 0.392 e. The summed E-state index contributed by atoms with van der Waals surface area (Å²) < 4.78 is 13.0. The van der Waals surface area contributed by atoms with E-state index < -0.39 is 6.29 Å². The number of likely N-dealkylation sites (tertiary alicyclic amines) is 1. The molecule has 0 bridgehead atoms. The van der Waals surface area contributed by atoms with Crippen LogP contribution < -0.4 is 0 Å². The number of imide groups is 1. The van der Waals surface area contributed by atoms with Crippen molar-refractivity contribution in [1.29, 1.82) is 0 Å². The van der Waals surface area contributed by atoms with Crippen molar-refractivity contribution in [1.82, 2.24) is 9.80 Å². The van der Waals surface area contributed by atoms with Crippen molar-refractivity contribution in [2.75, 3.05) is 19.6 Å². The summed E-state index contributed by atoms with van der Waals surface area (Å²) in [6, 6.07) is 30.7. The highest BCUT2D eigenvalue weighted by molar-refractivity contribution is 6.21. The molecule has 230 valence electrons. The third-order valence-corrected chi connectivity index (χ3v) is 9.04. The van der Waals surface area contributed by atoms with Crippen LogP contribution in [0.15, 0.2) is 97.1 Å². The van der Waals surface area contributed by atoms with E-state index in [0.29, 0.717) is 30.6 Å². The molecular formula is C37H36N2O6. The van der Waals surface area contributed by atoms with Gasteiger partial charge in [-0.25, -0.2) is 0 Å². The highest BCUT2D eigenvalue weighted by atomic mass is 16.7. The highest BCUT2D eigenvalue weighted by Crippen LogP contribution is 2.39. The number of amides is 2. The first-order valence-electron chi connectivity index (χ1n) is 15.5. The number of carbonyl (C=O) groups excluding carboxylic acids is 2. The van der Waals surface area contributed by atoms with Gasteiger partial charge in [0.05, 0.1) is 42.6 Å². The molecule has 4 aromatic carbocycles. The van der Waals surface area contributed by atoms with E-state index >= 15 is 0 Å². The smallest absolute Gasteiger partial charge is 0.261 e. The predicted octanol–water partition coefficient (Wildman–Crippen LogP) is 5.25. The molecule has 8 heteroatoms. The lowest BCUT2D eigenvalue weighted by Gasteiger charge is -2.38. The van der Waals surface area contributed by atoms with Crippen LogP contribution in [0.25, 0.3) is 11.1 Å². The van der Waals surface area contributed by atoms with Crippen molar-refractivity contribution in [3.63, 3.8) is 0 Å². The number of rotatable bonds is 8. The van der Waals surface area contributed by atoms with Crippen molar-refractivity contribution in [2.24, 2.45) is 0 Å². The molecule has 3 aliphatic rings. The molecule has 7 rings (SSSR count). The topological polar surface area (TPSA) is 99.5 Å². The first-order valence-corrected chi connectivity index (χ1v) is 15.5. The molecule has 0 saturated carbocycles. The molecule has 8 nitrogen and oxygen atoms in total. The molecule has 2 saturated heterocycles. The van der Waals surface area contributed by atoms with Crippen LogP contribution in [0.3, 0.4) is 0 Å². The van der Waals surface area contributed by atoms with Crippen LogP contribution in [0.2, 0.25) is 0 Å². The third-order valence-electron chi connectivity index (χ3n) is 9.04. The van der Waals surface area contributed by atoms with Gasteiger partial charge in [0.2, 0.25) is 0 Å². The maximum atomic E-state index is 13.0. The maximum Gasteiger partial charge on any atom is 0.261 e. The van der Waals surface area contributed by atoms with E-state index in [1.165, 1.54) is 4.90 Å². The van der Waals surface area contributed by atoms with Gasteiger partial charge in [0.1, 0.15) is 0 Å². The Morgan fingerprint density at radius 2 is 1.40 bits per heavy atom. The van der Waals surface area contributed by atoms with Gasteiger partial charge in [0, 0.05) is 31.6 Å². The molecular weight excluding hydrogens is 568 g/mol. The second-order valence-corrected chi connectivity index (χ2v) is 12.1. The molecule has 0 radical (unpaired) electrons. The van der Waals surface area contributed by atoms with Crippen LogP contribution in [-0.4, -0.2) is 63.7 Å². The van der Waals surface area contributed by atoms with Crippen LogP contribution in [0, 0.1) is 0 Å². The minimum absolute atomic E-state index is 0.00870. The molecule has 0 spiro atoms. The first kappa shape index (κ1) is 29.5. The number of ether oxygens (including phenoxy) is 2. The van der Waals surface area contributed by atoms with E-state index in [1.54, 1.807) is 24.3 Å². The van der Waals surface area contributed by atoms with Crippen LogP contribution in [0.4, 0.5) is 0 Å². The summed E-state index contributed by atoms with van der Waals surface area (Å²) in [5.41, 5.74) is 6.44. The van der Waals surface area contributed by atoms with Crippen molar-refractivity contribution < 1.29 is 29.3 Å². The molecule has 4 atom stereocenters. The van der Waals surface area contributed by atoms with Crippen molar-refractivity contribution in [3.05, 3.63) is 130 Å². The van der Waals surface area contributed by atoms with Gasteiger partial charge in [0.25, 0.3) is 11.8 Å². The molecule has 45 heavy (non-hydrogen) atoms. The summed E-state index contributed by atoms with van der Waals surface area (Å²) in [6.07, 6.45) is 0.307. The lowest BCUT2D eigenvalue weighted by molar-refractivity contribution is -0.252. The van der Waals surface area contributed by atoms with E-state index in [0.717, 1.165) is 46.3 Å². The normalized spacial score (nSPS) is 23.5. The number of aliphatic hydroxyl groups excluding tert-OH is 2. The van der Waals surface area contributed by atoms with Crippen LogP contribution in [0.1, 0.15) is 68.2 Å². The van der Waals surface area contributed by atoms with E-state index in [-0.39, 0.29) is 43.3 Å². The van der Waals surface area contributed by atoms with Crippen LogP contribution in [-0.2, 0) is 22.6 Å². The van der Waals surface area contributed by atoms with Gasteiger partial charge in [-0.3, -0.25) is 19.4 Å². The Balaban J connectivity index is 1.11. The lowest BCUT2D eigenvalue weighted by Crippen LogP contribution is -2.38. The Labute approximate surface area is 262 Å². The zero-order valence-corrected chi connectivity index (χ0v) is 24.9. The SMILES string of the molecule is O=C1c2ccccc2C(=O)N1Cc1ccccc1-c1ccc([C@@H]2O[C@H](CN3CC[C@H](O)C3)C[C@H](c3ccc(CO)cc3)O2)cc1. The number of fused-ring (bicyclic) bond motifs is 1. The van der Waals surface area contributed by atoms with Gasteiger partial charge >= 0.3 is 0 Å². The zero-order chi connectivity index (χ0) is 30.9.